The van der Waals surface area contributed by atoms with E-state index in [0.717, 1.165) is 5.69 Å². The third-order valence-corrected chi connectivity index (χ3v) is 5.44. The number of amides is 1. The van der Waals surface area contributed by atoms with Crippen molar-refractivity contribution in [1.82, 2.24) is 5.32 Å². The molecule has 1 heterocycles. The van der Waals surface area contributed by atoms with E-state index in [9.17, 15) is 20.0 Å². The number of hydrogen-bond acceptors (Lipinski definition) is 6. The van der Waals surface area contributed by atoms with Gasteiger partial charge >= 0.3 is 0 Å². The average molecular weight is 418 g/mol. The van der Waals surface area contributed by atoms with Gasteiger partial charge in [0.15, 0.2) is 5.50 Å². The van der Waals surface area contributed by atoms with Gasteiger partial charge in [0.05, 0.1) is 9.83 Å². The molecule has 0 unspecified atom stereocenters. The third-order valence-electron chi connectivity index (χ3n) is 4.00. The molecule has 1 amide bonds. The number of carbonyl (C=O) groups excluding carboxylic acids is 1. The SMILES string of the molecule is CN(c1ccc(O)cc1)[C@H]1NC(=O)/C(=C/C(Cl)=C/c2ccc([N+](=O)[O-])cc2)S1. The van der Waals surface area contributed by atoms with Gasteiger partial charge in [0.25, 0.3) is 11.6 Å². The fourth-order valence-electron chi connectivity index (χ4n) is 2.50. The number of nitro benzene ring substituents is 1. The second-order valence-corrected chi connectivity index (χ2v) is 7.52. The minimum Gasteiger partial charge on any atom is -0.508 e. The van der Waals surface area contributed by atoms with E-state index < -0.39 is 4.92 Å². The van der Waals surface area contributed by atoms with Gasteiger partial charge in [-0.15, -0.1) is 0 Å². The van der Waals surface area contributed by atoms with Crippen LogP contribution >= 0.6 is 23.4 Å². The fourth-order valence-corrected chi connectivity index (χ4v) is 3.85. The lowest BCUT2D eigenvalue weighted by Gasteiger charge is -2.25. The molecule has 7 nitrogen and oxygen atoms in total. The number of non-ortho nitro benzene ring substituents is 1. The van der Waals surface area contributed by atoms with E-state index in [2.05, 4.69) is 5.32 Å². The molecule has 0 saturated carbocycles. The smallest absolute Gasteiger partial charge is 0.269 e. The minimum absolute atomic E-state index is 0.00235. The van der Waals surface area contributed by atoms with Crippen molar-refractivity contribution in [3.8, 4) is 5.75 Å². The maximum absolute atomic E-state index is 12.3. The van der Waals surface area contributed by atoms with E-state index in [4.69, 9.17) is 11.6 Å². The maximum Gasteiger partial charge on any atom is 0.269 e. The molecule has 9 heteroatoms. The number of nitro groups is 1. The van der Waals surface area contributed by atoms with E-state index >= 15 is 0 Å². The van der Waals surface area contributed by atoms with Gasteiger partial charge in [0.2, 0.25) is 0 Å². The Morgan fingerprint density at radius 2 is 1.89 bits per heavy atom. The third kappa shape index (κ3) is 4.65. The number of benzene rings is 2. The van der Waals surface area contributed by atoms with Crippen molar-refractivity contribution < 1.29 is 14.8 Å². The number of nitrogens with one attached hydrogen (secondary N) is 1. The van der Waals surface area contributed by atoms with Gasteiger partial charge in [-0.1, -0.05) is 23.4 Å². The molecule has 0 radical (unpaired) electrons. The Morgan fingerprint density at radius 1 is 1.25 bits per heavy atom. The number of phenols is 1. The maximum atomic E-state index is 12.3. The van der Waals surface area contributed by atoms with Crippen molar-refractivity contribution >= 4 is 46.7 Å². The molecule has 1 fully saturated rings. The molecule has 0 bridgehead atoms. The fraction of sp³-hybridized carbons (Fsp3) is 0.105. The molecule has 2 N–H and O–H groups in total. The van der Waals surface area contributed by atoms with Gasteiger partial charge in [-0.2, -0.15) is 0 Å². The van der Waals surface area contributed by atoms with E-state index in [0.29, 0.717) is 15.5 Å². The molecule has 1 aliphatic heterocycles. The molecular formula is C19H16ClN3O4S. The van der Waals surface area contributed by atoms with Crippen molar-refractivity contribution in [2.75, 3.05) is 11.9 Å². The molecule has 2 aromatic carbocycles. The van der Waals surface area contributed by atoms with Crippen molar-refractivity contribution in [3.63, 3.8) is 0 Å². The summed E-state index contributed by atoms with van der Waals surface area (Å²) in [6.45, 7) is 0. The highest BCUT2D eigenvalue weighted by Crippen LogP contribution is 2.33. The Balaban J connectivity index is 1.72. The zero-order valence-corrected chi connectivity index (χ0v) is 16.3. The highest BCUT2D eigenvalue weighted by Gasteiger charge is 2.30. The molecule has 0 aromatic heterocycles. The molecule has 1 atom stereocenters. The Kier molecular flexibility index (Phi) is 5.91. The molecule has 0 spiro atoms. The Morgan fingerprint density at radius 3 is 2.50 bits per heavy atom. The molecule has 1 saturated heterocycles. The van der Waals surface area contributed by atoms with Crippen LogP contribution in [0.4, 0.5) is 11.4 Å². The number of anilines is 1. The highest BCUT2D eigenvalue weighted by molar-refractivity contribution is 8.05. The summed E-state index contributed by atoms with van der Waals surface area (Å²) in [4.78, 5) is 24.8. The minimum atomic E-state index is -0.471. The van der Waals surface area contributed by atoms with Crippen LogP contribution in [0.15, 0.2) is 64.5 Å². The number of nitrogens with zero attached hydrogens (tertiary/aromatic N) is 2. The molecule has 28 heavy (non-hydrogen) atoms. The number of carbonyl (C=O) groups is 1. The topological polar surface area (TPSA) is 95.7 Å². The van der Waals surface area contributed by atoms with Gasteiger partial charge in [0.1, 0.15) is 5.75 Å². The average Bonchev–Trinajstić information content (AvgIpc) is 3.02. The van der Waals surface area contributed by atoms with E-state index in [1.807, 2.05) is 11.9 Å². The molecule has 144 valence electrons. The number of hydrogen-bond donors (Lipinski definition) is 2. The molecule has 2 aromatic rings. The van der Waals surface area contributed by atoms with Crippen molar-refractivity contribution in [1.29, 1.82) is 0 Å². The van der Waals surface area contributed by atoms with Gasteiger partial charge in [-0.25, -0.2) is 0 Å². The lowest BCUT2D eigenvalue weighted by Crippen LogP contribution is -2.39. The molecule has 3 rings (SSSR count). The van der Waals surface area contributed by atoms with Crippen LogP contribution in [-0.4, -0.2) is 28.5 Å². The second-order valence-electron chi connectivity index (χ2n) is 5.96. The van der Waals surface area contributed by atoms with Gasteiger partial charge < -0.3 is 15.3 Å². The molecule has 0 aliphatic carbocycles. The lowest BCUT2D eigenvalue weighted by atomic mass is 10.2. The summed E-state index contributed by atoms with van der Waals surface area (Å²) in [7, 11) is 1.83. The summed E-state index contributed by atoms with van der Waals surface area (Å²) in [5, 5.41) is 23.3. The van der Waals surface area contributed by atoms with Crippen LogP contribution in [0.1, 0.15) is 5.56 Å². The second kappa shape index (κ2) is 8.37. The summed E-state index contributed by atoms with van der Waals surface area (Å²) in [5.74, 6) is -0.0695. The summed E-state index contributed by atoms with van der Waals surface area (Å²) in [5.41, 5.74) is 1.21. The number of thioether (sulfide) groups is 1. The number of aromatic hydroxyl groups is 1. The summed E-state index contributed by atoms with van der Waals surface area (Å²) in [6, 6.07) is 12.6. The van der Waals surface area contributed by atoms with Gasteiger partial charge in [-0.3, -0.25) is 14.9 Å². The predicted molar refractivity (Wildman–Crippen MR) is 111 cm³/mol. The first kappa shape index (κ1) is 19.8. The Labute approximate surface area is 170 Å². The first-order valence-corrected chi connectivity index (χ1v) is 9.42. The van der Waals surface area contributed by atoms with Crippen LogP contribution in [0.3, 0.4) is 0 Å². The van der Waals surface area contributed by atoms with Crippen LogP contribution in [0.5, 0.6) is 5.75 Å². The van der Waals surface area contributed by atoms with Crippen molar-refractivity contribution in [2.24, 2.45) is 0 Å². The summed E-state index contributed by atoms with van der Waals surface area (Å²) in [6.07, 6.45) is 3.19. The number of phenolic OH excluding ortho intramolecular Hbond substituents is 1. The van der Waals surface area contributed by atoms with Crippen LogP contribution in [0.2, 0.25) is 0 Å². The van der Waals surface area contributed by atoms with Gasteiger partial charge in [0, 0.05) is 29.9 Å². The number of rotatable bonds is 5. The Hall–Kier alpha value is -2.97. The first-order valence-electron chi connectivity index (χ1n) is 8.16. The van der Waals surface area contributed by atoms with Crippen LogP contribution < -0.4 is 10.2 Å². The van der Waals surface area contributed by atoms with Gasteiger partial charge in [-0.05, 0) is 54.1 Å². The lowest BCUT2D eigenvalue weighted by molar-refractivity contribution is -0.384. The van der Waals surface area contributed by atoms with E-state index in [1.165, 1.54) is 23.9 Å². The van der Waals surface area contributed by atoms with Crippen LogP contribution in [-0.2, 0) is 4.79 Å². The van der Waals surface area contributed by atoms with Crippen molar-refractivity contribution in [2.45, 2.75) is 5.50 Å². The van der Waals surface area contributed by atoms with E-state index in [-0.39, 0.29) is 22.8 Å². The standard InChI is InChI=1S/C19H16ClN3O4S/c1-22(14-6-8-16(24)9-7-14)19-21-18(25)17(28-19)11-13(20)10-12-2-4-15(5-3-12)23(26)27/h2-11,19,24H,1H3,(H,21,25)/b13-10-,17-11-/t19-/m1/s1. The predicted octanol–water partition coefficient (Wildman–Crippen LogP) is 4.05. The number of allylic oxidation sites excluding steroid dienone is 2. The van der Waals surface area contributed by atoms with E-state index in [1.54, 1.807) is 48.6 Å². The number of halogens is 1. The van der Waals surface area contributed by atoms with Crippen LogP contribution in [0, 0.1) is 10.1 Å². The zero-order chi connectivity index (χ0) is 20.3. The quantitative estimate of drug-likeness (QED) is 0.433. The molecular weight excluding hydrogens is 402 g/mol. The monoisotopic (exact) mass is 417 g/mol. The summed E-state index contributed by atoms with van der Waals surface area (Å²) < 4.78 is 0. The van der Waals surface area contributed by atoms with Crippen molar-refractivity contribution in [3.05, 3.63) is 80.2 Å². The summed E-state index contributed by atoms with van der Waals surface area (Å²) >= 11 is 7.56. The zero-order valence-electron chi connectivity index (χ0n) is 14.7. The molecule has 1 aliphatic rings. The van der Waals surface area contributed by atoms with Crippen LogP contribution in [0.25, 0.3) is 6.08 Å². The normalized spacial score (nSPS) is 18.2. The first-order chi connectivity index (χ1) is 13.3. The largest absolute Gasteiger partial charge is 0.508 e. The highest BCUT2D eigenvalue weighted by atomic mass is 35.5. The Bertz CT molecular complexity index is 958.